The number of aryl methyl sites for hydroxylation is 1. The van der Waals surface area contributed by atoms with E-state index in [2.05, 4.69) is 9.97 Å². The van der Waals surface area contributed by atoms with Gasteiger partial charge in [-0.25, -0.2) is 9.78 Å². The van der Waals surface area contributed by atoms with Crippen molar-refractivity contribution in [3.63, 3.8) is 0 Å². The number of nitrogens with zero attached hydrogens (tertiary/aromatic N) is 2. The minimum atomic E-state index is -0.589. The highest BCUT2D eigenvalue weighted by Gasteiger charge is 2.18. The minimum Gasteiger partial charge on any atom is -0.462 e. The van der Waals surface area contributed by atoms with Crippen molar-refractivity contribution in [2.45, 2.75) is 20.4 Å². The molecular formula is C15H15N3O3. The Hall–Kier alpha value is -2.63. The lowest BCUT2D eigenvalue weighted by molar-refractivity contribution is 0.0524. The Morgan fingerprint density at radius 3 is 2.90 bits per heavy atom. The van der Waals surface area contributed by atoms with Gasteiger partial charge in [-0.3, -0.25) is 4.79 Å². The van der Waals surface area contributed by atoms with E-state index in [9.17, 15) is 9.59 Å². The first-order valence-electron chi connectivity index (χ1n) is 6.83. The summed E-state index contributed by atoms with van der Waals surface area (Å²) in [5.41, 5.74) is 2.04. The van der Waals surface area contributed by atoms with Crippen molar-refractivity contribution in [3.8, 4) is 0 Å². The van der Waals surface area contributed by atoms with E-state index < -0.39 is 5.97 Å². The molecule has 6 heteroatoms. The number of rotatable bonds is 3. The number of benzene rings is 1. The number of imidazole rings is 1. The number of carbonyl (C=O) groups is 1. The summed E-state index contributed by atoms with van der Waals surface area (Å²) in [6, 6.07) is 3.51. The Morgan fingerprint density at radius 2 is 2.19 bits per heavy atom. The molecule has 0 unspecified atom stereocenters. The van der Waals surface area contributed by atoms with Crippen LogP contribution in [0, 0.1) is 0 Å². The van der Waals surface area contributed by atoms with Gasteiger partial charge in [0.05, 0.1) is 24.0 Å². The summed E-state index contributed by atoms with van der Waals surface area (Å²) >= 11 is 0. The maximum atomic E-state index is 12.5. The van der Waals surface area contributed by atoms with Crippen LogP contribution in [0.2, 0.25) is 0 Å². The van der Waals surface area contributed by atoms with Crippen molar-refractivity contribution >= 4 is 27.9 Å². The van der Waals surface area contributed by atoms with E-state index >= 15 is 0 Å². The molecule has 0 spiro atoms. The van der Waals surface area contributed by atoms with Gasteiger partial charge in [0, 0.05) is 18.1 Å². The van der Waals surface area contributed by atoms with Crippen LogP contribution in [0.25, 0.3) is 21.9 Å². The van der Waals surface area contributed by atoms with Crippen molar-refractivity contribution in [2.75, 3.05) is 6.61 Å². The third kappa shape index (κ3) is 1.99. The Kier molecular flexibility index (Phi) is 3.21. The number of carbonyl (C=O) groups excluding carboxylic acids is 1. The molecule has 108 valence electrons. The maximum Gasteiger partial charge on any atom is 0.343 e. The first kappa shape index (κ1) is 13.4. The number of aromatic nitrogens is 3. The Balaban J connectivity index is 2.41. The largest absolute Gasteiger partial charge is 0.462 e. The van der Waals surface area contributed by atoms with Gasteiger partial charge in [0.2, 0.25) is 5.43 Å². The van der Waals surface area contributed by atoms with Crippen molar-refractivity contribution in [3.05, 3.63) is 40.4 Å². The lowest BCUT2D eigenvalue weighted by Crippen LogP contribution is -2.20. The fraction of sp³-hybridized carbons (Fsp3) is 0.267. The molecule has 0 saturated heterocycles. The smallest absolute Gasteiger partial charge is 0.343 e. The summed E-state index contributed by atoms with van der Waals surface area (Å²) in [5, 5.41) is 0.474. The van der Waals surface area contributed by atoms with Crippen molar-refractivity contribution in [1.82, 2.24) is 14.5 Å². The second-order valence-corrected chi connectivity index (χ2v) is 4.64. The fourth-order valence-corrected chi connectivity index (χ4v) is 2.49. The van der Waals surface area contributed by atoms with Gasteiger partial charge in [0.25, 0.3) is 0 Å². The number of esters is 1. The Bertz CT molecular complexity index is 892. The molecular weight excluding hydrogens is 270 g/mol. The SMILES string of the molecule is CCOC(=O)c1cn(CC)c2c(ccc3[nH]cnc32)c1=O. The van der Waals surface area contributed by atoms with Crippen LogP contribution >= 0.6 is 0 Å². The summed E-state index contributed by atoms with van der Waals surface area (Å²) in [6.45, 7) is 4.52. The number of pyridine rings is 1. The Morgan fingerprint density at radius 1 is 1.38 bits per heavy atom. The standard InChI is InChI=1S/C15H15N3O3/c1-3-18-7-10(15(20)21-4-2)14(19)9-5-6-11-12(13(9)18)17-8-16-11/h5-8H,3-4H2,1-2H3,(H,16,17). The second-order valence-electron chi connectivity index (χ2n) is 4.64. The predicted molar refractivity (Wildman–Crippen MR) is 79.5 cm³/mol. The monoisotopic (exact) mass is 285 g/mol. The third-order valence-corrected chi connectivity index (χ3v) is 3.46. The highest BCUT2D eigenvalue weighted by Crippen LogP contribution is 2.21. The van der Waals surface area contributed by atoms with E-state index in [-0.39, 0.29) is 17.6 Å². The van der Waals surface area contributed by atoms with Gasteiger partial charge in [0.1, 0.15) is 11.1 Å². The van der Waals surface area contributed by atoms with Crippen molar-refractivity contribution < 1.29 is 9.53 Å². The number of nitrogens with one attached hydrogen (secondary N) is 1. The van der Waals surface area contributed by atoms with Crippen LogP contribution in [-0.2, 0) is 11.3 Å². The zero-order valence-electron chi connectivity index (χ0n) is 11.8. The van der Waals surface area contributed by atoms with Crippen LogP contribution in [0.5, 0.6) is 0 Å². The zero-order valence-corrected chi connectivity index (χ0v) is 11.8. The lowest BCUT2D eigenvalue weighted by atomic mass is 10.1. The number of hydrogen-bond donors (Lipinski definition) is 1. The first-order valence-corrected chi connectivity index (χ1v) is 6.83. The molecule has 2 aromatic heterocycles. The van der Waals surface area contributed by atoms with E-state index in [1.807, 2.05) is 11.5 Å². The summed E-state index contributed by atoms with van der Waals surface area (Å²) in [7, 11) is 0. The Labute approximate surface area is 120 Å². The van der Waals surface area contributed by atoms with Crippen LogP contribution in [0.3, 0.4) is 0 Å². The maximum absolute atomic E-state index is 12.5. The van der Waals surface area contributed by atoms with Gasteiger partial charge in [0.15, 0.2) is 0 Å². The quantitative estimate of drug-likeness (QED) is 0.747. The molecule has 2 heterocycles. The highest BCUT2D eigenvalue weighted by molar-refractivity contribution is 6.04. The number of ether oxygens (including phenoxy) is 1. The van der Waals surface area contributed by atoms with E-state index in [0.29, 0.717) is 11.9 Å². The predicted octanol–water partition coefficient (Wildman–Crippen LogP) is 2.07. The average Bonchev–Trinajstić information content (AvgIpc) is 2.96. The van der Waals surface area contributed by atoms with E-state index in [4.69, 9.17) is 4.74 Å². The fourth-order valence-electron chi connectivity index (χ4n) is 2.49. The molecule has 0 radical (unpaired) electrons. The highest BCUT2D eigenvalue weighted by atomic mass is 16.5. The molecule has 1 aromatic carbocycles. The summed E-state index contributed by atoms with van der Waals surface area (Å²) in [4.78, 5) is 31.8. The summed E-state index contributed by atoms with van der Waals surface area (Å²) in [6.07, 6.45) is 3.14. The molecule has 0 saturated carbocycles. The molecule has 3 aromatic rings. The normalized spacial score (nSPS) is 11.1. The zero-order chi connectivity index (χ0) is 15.0. The molecule has 3 rings (SSSR count). The van der Waals surface area contributed by atoms with Crippen LogP contribution in [0.4, 0.5) is 0 Å². The molecule has 0 aliphatic heterocycles. The van der Waals surface area contributed by atoms with E-state index in [0.717, 1.165) is 16.6 Å². The van der Waals surface area contributed by atoms with Gasteiger partial charge in [-0.2, -0.15) is 0 Å². The molecule has 0 aliphatic carbocycles. The number of H-pyrrole nitrogens is 1. The van der Waals surface area contributed by atoms with Crippen molar-refractivity contribution in [2.24, 2.45) is 0 Å². The van der Waals surface area contributed by atoms with Crippen LogP contribution in [-0.4, -0.2) is 27.1 Å². The van der Waals surface area contributed by atoms with Gasteiger partial charge >= 0.3 is 5.97 Å². The molecule has 0 fully saturated rings. The third-order valence-electron chi connectivity index (χ3n) is 3.46. The molecule has 21 heavy (non-hydrogen) atoms. The summed E-state index contributed by atoms with van der Waals surface area (Å²) < 4.78 is 6.81. The number of aromatic amines is 1. The van der Waals surface area contributed by atoms with Gasteiger partial charge in [-0.05, 0) is 26.0 Å². The molecule has 0 amide bonds. The van der Waals surface area contributed by atoms with Crippen LogP contribution in [0.1, 0.15) is 24.2 Å². The molecule has 0 aliphatic rings. The molecule has 0 bridgehead atoms. The topological polar surface area (TPSA) is 77.0 Å². The van der Waals surface area contributed by atoms with Crippen molar-refractivity contribution in [1.29, 1.82) is 0 Å². The van der Waals surface area contributed by atoms with Gasteiger partial charge < -0.3 is 14.3 Å². The lowest BCUT2D eigenvalue weighted by Gasteiger charge is -2.11. The van der Waals surface area contributed by atoms with E-state index in [1.54, 1.807) is 31.6 Å². The van der Waals surface area contributed by atoms with E-state index in [1.165, 1.54) is 0 Å². The second kappa shape index (κ2) is 5.05. The molecule has 0 atom stereocenters. The van der Waals surface area contributed by atoms with Crippen LogP contribution < -0.4 is 5.43 Å². The minimum absolute atomic E-state index is 0.0566. The van der Waals surface area contributed by atoms with Crippen LogP contribution in [0.15, 0.2) is 29.5 Å². The number of fused-ring (bicyclic) bond motifs is 3. The first-order chi connectivity index (χ1) is 10.2. The van der Waals surface area contributed by atoms with Gasteiger partial charge in [-0.1, -0.05) is 0 Å². The summed E-state index contributed by atoms with van der Waals surface area (Å²) in [5.74, 6) is -0.589. The number of hydrogen-bond acceptors (Lipinski definition) is 4. The van der Waals surface area contributed by atoms with Gasteiger partial charge in [-0.15, -0.1) is 0 Å². The molecule has 1 N–H and O–H groups in total. The average molecular weight is 285 g/mol. The molecule has 6 nitrogen and oxygen atoms in total.